The maximum Gasteiger partial charge on any atom is 0.329 e. The van der Waals surface area contributed by atoms with Crippen molar-refractivity contribution in [1.29, 1.82) is 0 Å². The number of unbranched alkanes of at least 4 members (excludes halogenated alkanes) is 1. The molecule has 1 fully saturated rings. The molecule has 0 aliphatic carbocycles. The number of carbonyl (C=O) groups excluding carboxylic acids is 2. The summed E-state index contributed by atoms with van der Waals surface area (Å²) in [7, 11) is 1.71. The molecule has 1 rings (SSSR count). The number of nitrogens with one attached hydrogen (secondary N) is 1. The Kier molecular flexibility index (Phi) is 10.00. The van der Waals surface area contributed by atoms with Crippen molar-refractivity contribution in [2.45, 2.75) is 46.1 Å². The van der Waals surface area contributed by atoms with Gasteiger partial charge in [0.05, 0.1) is 12.5 Å². The second-order valence-corrected chi connectivity index (χ2v) is 5.85. The zero-order chi connectivity index (χ0) is 15.1. The van der Waals surface area contributed by atoms with Crippen LogP contribution in [0.25, 0.3) is 0 Å². The standard InChI is InChI=1S/C15H28N2O3.V/c1-5-6-9-20-15(19)13(11(2)3)17(4)14(18)12-7-8-16-10-12;/h11-13,16H,5-10H2,1-4H3;/t12-,13-;/m0./s1. The fourth-order valence-corrected chi connectivity index (χ4v) is 2.57. The monoisotopic (exact) mass is 335 g/mol. The predicted molar refractivity (Wildman–Crippen MR) is 78.2 cm³/mol. The molecule has 0 saturated carbocycles. The zero-order valence-corrected chi connectivity index (χ0v) is 15.0. The molecular weight excluding hydrogens is 307 g/mol. The summed E-state index contributed by atoms with van der Waals surface area (Å²) in [5.41, 5.74) is 0. The summed E-state index contributed by atoms with van der Waals surface area (Å²) in [6.07, 6.45) is 2.70. The average molecular weight is 335 g/mol. The van der Waals surface area contributed by atoms with Crippen LogP contribution >= 0.6 is 0 Å². The van der Waals surface area contributed by atoms with E-state index < -0.39 is 6.04 Å². The van der Waals surface area contributed by atoms with Gasteiger partial charge in [0.1, 0.15) is 6.04 Å². The van der Waals surface area contributed by atoms with E-state index in [2.05, 4.69) is 12.2 Å². The number of ether oxygens (including phenoxy) is 1. The van der Waals surface area contributed by atoms with Gasteiger partial charge in [-0.1, -0.05) is 27.2 Å². The minimum Gasteiger partial charge on any atom is -0.464 e. The zero-order valence-electron chi connectivity index (χ0n) is 13.6. The number of hydrogen-bond acceptors (Lipinski definition) is 4. The van der Waals surface area contributed by atoms with E-state index in [1.807, 2.05) is 13.8 Å². The topological polar surface area (TPSA) is 58.6 Å². The summed E-state index contributed by atoms with van der Waals surface area (Å²) in [5, 5.41) is 3.18. The van der Waals surface area contributed by atoms with Crippen molar-refractivity contribution >= 4 is 11.9 Å². The number of nitrogens with zero attached hydrogens (tertiary/aromatic N) is 1. The van der Waals surface area contributed by atoms with Crippen LogP contribution in [-0.2, 0) is 32.9 Å². The van der Waals surface area contributed by atoms with E-state index in [9.17, 15) is 9.59 Å². The Labute approximate surface area is 140 Å². The first-order chi connectivity index (χ1) is 9.49. The van der Waals surface area contributed by atoms with Crippen molar-refractivity contribution < 1.29 is 32.9 Å². The van der Waals surface area contributed by atoms with Crippen LogP contribution in [0.1, 0.15) is 40.0 Å². The minimum absolute atomic E-state index is 0. The number of esters is 1. The molecule has 1 amide bonds. The van der Waals surface area contributed by atoms with Crippen LogP contribution in [0.5, 0.6) is 0 Å². The van der Waals surface area contributed by atoms with Gasteiger partial charge in [0.2, 0.25) is 5.91 Å². The van der Waals surface area contributed by atoms with Gasteiger partial charge in [-0.3, -0.25) is 4.79 Å². The maximum absolute atomic E-state index is 12.4. The van der Waals surface area contributed by atoms with Gasteiger partial charge in [0.25, 0.3) is 0 Å². The molecule has 0 aromatic rings. The molecule has 1 radical (unpaired) electrons. The Balaban J connectivity index is 0.00000400. The van der Waals surface area contributed by atoms with Crippen molar-refractivity contribution in [3.8, 4) is 0 Å². The smallest absolute Gasteiger partial charge is 0.329 e. The van der Waals surface area contributed by atoms with Crippen LogP contribution in [0.4, 0.5) is 0 Å². The van der Waals surface area contributed by atoms with E-state index >= 15 is 0 Å². The molecule has 0 aromatic heterocycles. The number of hydrogen-bond donors (Lipinski definition) is 1. The van der Waals surface area contributed by atoms with Gasteiger partial charge < -0.3 is 15.0 Å². The molecule has 1 N–H and O–H groups in total. The molecule has 5 nitrogen and oxygen atoms in total. The largest absolute Gasteiger partial charge is 0.464 e. The molecule has 0 bridgehead atoms. The summed E-state index contributed by atoms with van der Waals surface area (Å²) >= 11 is 0. The van der Waals surface area contributed by atoms with Crippen LogP contribution in [0.3, 0.4) is 0 Å². The van der Waals surface area contributed by atoms with Crippen molar-refractivity contribution in [3.63, 3.8) is 0 Å². The third-order valence-electron chi connectivity index (χ3n) is 3.79. The van der Waals surface area contributed by atoms with Gasteiger partial charge in [-0.2, -0.15) is 0 Å². The Morgan fingerprint density at radius 2 is 2.05 bits per heavy atom. The molecule has 0 spiro atoms. The van der Waals surface area contributed by atoms with Crippen LogP contribution in [0.15, 0.2) is 0 Å². The second kappa shape index (κ2) is 10.3. The molecule has 121 valence electrons. The van der Waals surface area contributed by atoms with E-state index in [-0.39, 0.29) is 42.3 Å². The van der Waals surface area contributed by atoms with Crippen molar-refractivity contribution in [3.05, 3.63) is 0 Å². The van der Waals surface area contributed by atoms with Gasteiger partial charge >= 0.3 is 5.97 Å². The molecule has 1 heterocycles. The normalized spacial score (nSPS) is 19.0. The van der Waals surface area contributed by atoms with E-state index in [4.69, 9.17) is 4.74 Å². The molecule has 1 aliphatic heterocycles. The summed E-state index contributed by atoms with van der Waals surface area (Å²) in [6, 6.07) is -0.486. The van der Waals surface area contributed by atoms with Gasteiger partial charge in [0.15, 0.2) is 0 Å². The summed E-state index contributed by atoms with van der Waals surface area (Å²) in [6.45, 7) is 7.96. The Morgan fingerprint density at radius 1 is 1.38 bits per heavy atom. The molecular formula is C15H28N2O3V. The Bertz CT molecular complexity index is 331. The number of amides is 1. The third-order valence-corrected chi connectivity index (χ3v) is 3.79. The van der Waals surface area contributed by atoms with Crippen molar-refractivity contribution in [2.24, 2.45) is 11.8 Å². The van der Waals surface area contributed by atoms with Crippen LogP contribution < -0.4 is 5.32 Å². The Morgan fingerprint density at radius 3 is 2.52 bits per heavy atom. The van der Waals surface area contributed by atoms with Crippen molar-refractivity contribution in [1.82, 2.24) is 10.2 Å². The molecule has 0 unspecified atom stereocenters. The van der Waals surface area contributed by atoms with E-state index in [1.54, 1.807) is 11.9 Å². The number of rotatable bonds is 7. The first-order valence-electron chi connectivity index (χ1n) is 7.63. The summed E-state index contributed by atoms with van der Waals surface area (Å²) in [4.78, 5) is 26.2. The molecule has 1 aliphatic rings. The maximum atomic E-state index is 12.4. The van der Waals surface area contributed by atoms with Crippen LogP contribution in [0, 0.1) is 11.8 Å². The van der Waals surface area contributed by atoms with E-state index in [1.165, 1.54) is 0 Å². The first kappa shape index (κ1) is 20.5. The SMILES string of the molecule is CCCCOC(=O)[C@H](C(C)C)N(C)C(=O)[C@H]1CCNC1.[V]. The minimum atomic E-state index is -0.486. The van der Waals surface area contributed by atoms with Crippen LogP contribution in [-0.4, -0.2) is 49.6 Å². The molecule has 2 atom stereocenters. The molecule has 6 heteroatoms. The molecule has 1 saturated heterocycles. The number of carbonyl (C=O) groups is 2. The van der Waals surface area contributed by atoms with E-state index in [0.717, 1.165) is 25.8 Å². The third kappa shape index (κ3) is 6.01. The summed E-state index contributed by atoms with van der Waals surface area (Å²) in [5.74, 6) is -0.200. The summed E-state index contributed by atoms with van der Waals surface area (Å²) < 4.78 is 5.29. The predicted octanol–water partition coefficient (Wildman–Crippen LogP) is 1.42. The van der Waals surface area contributed by atoms with Gasteiger partial charge in [0, 0.05) is 32.1 Å². The fourth-order valence-electron chi connectivity index (χ4n) is 2.57. The fraction of sp³-hybridized carbons (Fsp3) is 0.867. The van der Waals surface area contributed by atoms with Gasteiger partial charge in [-0.05, 0) is 25.3 Å². The second-order valence-electron chi connectivity index (χ2n) is 5.85. The van der Waals surface area contributed by atoms with Gasteiger partial charge in [-0.15, -0.1) is 0 Å². The first-order valence-corrected chi connectivity index (χ1v) is 7.63. The molecule has 0 aromatic carbocycles. The van der Waals surface area contributed by atoms with E-state index in [0.29, 0.717) is 13.2 Å². The molecule has 21 heavy (non-hydrogen) atoms. The quantitative estimate of drug-likeness (QED) is 0.565. The Hall–Kier alpha value is -0.516. The number of likely N-dealkylation sites (N-methyl/N-ethyl adjacent to an activating group) is 1. The van der Waals surface area contributed by atoms with Crippen molar-refractivity contribution in [2.75, 3.05) is 26.7 Å². The van der Waals surface area contributed by atoms with Crippen LogP contribution in [0.2, 0.25) is 0 Å². The average Bonchev–Trinajstić information content (AvgIpc) is 2.91. The van der Waals surface area contributed by atoms with Gasteiger partial charge in [-0.25, -0.2) is 4.79 Å².